The van der Waals surface area contributed by atoms with Gasteiger partial charge in [0.2, 0.25) is 0 Å². The van der Waals surface area contributed by atoms with Gasteiger partial charge < -0.3 is 15.2 Å². The maximum atomic E-state index is 14.0. The van der Waals surface area contributed by atoms with Gasteiger partial charge in [0.1, 0.15) is 11.6 Å². The van der Waals surface area contributed by atoms with Crippen molar-refractivity contribution in [3.05, 3.63) is 66.1 Å². The molecule has 0 aliphatic carbocycles. The molecule has 1 unspecified atom stereocenters. The van der Waals surface area contributed by atoms with E-state index in [1.54, 1.807) is 36.5 Å². The minimum absolute atomic E-state index is 0.245. The topological polar surface area (TPSA) is 54.4 Å². The summed E-state index contributed by atoms with van der Waals surface area (Å²) in [6.07, 6.45) is -4.00. The van der Waals surface area contributed by atoms with Gasteiger partial charge in [-0.3, -0.25) is 4.98 Å². The number of aromatic nitrogens is 1. The second-order valence-corrected chi connectivity index (χ2v) is 8.20. The number of methoxy groups -OCH3 is 1. The van der Waals surface area contributed by atoms with E-state index in [0.717, 1.165) is 11.5 Å². The van der Waals surface area contributed by atoms with Crippen LogP contribution in [0.25, 0.3) is 10.9 Å². The first-order chi connectivity index (χ1) is 14.4. The van der Waals surface area contributed by atoms with Crippen LogP contribution >= 0.6 is 0 Å². The molecule has 2 N–H and O–H groups in total. The van der Waals surface area contributed by atoms with Crippen LogP contribution in [0.1, 0.15) is 25.8 Å². The zero-order chi connectivity index (χ0) is 22.9. The molecule has 3 rings (SSSR count). The number of alkyl halides is 3. The van der Waals surface area contributed by atoms with Crippen LogP contribution in [0, 0.1) is 5.82 Å². The number of pyridine rings is 1. The monoisotopic (exact) mass is 436 g/mol. The normalized spacial score (nSPS) is 14.3. The van der Waals surface area contributed by atoms with Crippen molar-refractivity contribution in [2.24, 2.45) is 0 Å². The SMILES string of the molecule is COc1ccc(F)cc1C(C)(C)CC(O)(CNc1ccc2ncccc2c1)C(F)(F)F. The summed E-state index contributed by atoms with van der Waals surface area (Å²) in [6.45, 7) is 2.26. The second kappa shape index (κ2) is 8.34. The Morgan fingerprint density at radius 3 is 2.48 bits per heavy atom. The minimum atomic E-state index is -4.92. The van der Waals surface area contributed by atoms with E-state index in [9.17, 15) is 22.7 Å². The van der Waals surface area contributed by atoms with Gasteiger partial charge in [0.25, 0.3) is 0 Å². The number of rotatable bonds is 7. The van der Waals surface area contributed by atoms with Gasteiger partial charge in [0.05, 0.1) is 19.2 Å². The van der Waals surface area contributed by atoms with E-state index < -0.39 is 36.0 Å². The molecule has 0 spiro atoms. The average Bonchev–Trinajstić information content (AvgIpc) is 2.71. The molecule has 1 atom stereocenters. The van der Waals surface area contributed by atoms with Gasteiger partial charge in [-0.05, 0) is 54.3 Å². The third-order valence-electron chi connectivity index (χ3n) is 5.34. The van der Waals surface area contributed by atoms with Gasteiger partial charge in [-0.2, -0.15) is 13.2 Å². The van der Waals surface area contributed by atoms with E-state index in [0.29, 0.717) is 11.2 Å². The molecule has 8 heteroatoms. The van der Waals surface area contributed by atoms with Crippen molar-refractivity contribution in [1.82, 2.24) is 4.98 Å². The lowest BCUT2D eigenvalue weighted by Gasteiger charge is -2.38. The lowest BCUT2D eigenvalue weighted by atomic mass is 9.74. The molecule has 0 radical (unpaired) electrons. The largest absolute Gasteiger partial charge is 0.496 e. The average molecular weight is 436 g/mol. The third kappa shape index (κ3) is 4.90. The lowest BCUT2D eigenvalue weighted by Crippen LogP contribution is -2.53. The van der Waals surface area contributed by atoms with Crippen molar-refractivity contribution in [3.63, 3.8) is 0 Å². The Morgan fingerprint density at radius 2 is 1.81 bits per heavy atom. The number of nitrogens with zero attached hydrogens (tertiary/aromatic N) is 1. The molecule has 0 amide bonds. The molecule has 0 saturated heterocycles. The predicted molar refractivity (Wildman–Crippen MR) is 112 cm³/mol. The highest BCUT2D eigenvalue weighted by Crippen LogP contribution is 2.43. The number of hydrogen-bond donors (Lipinski definition) is 2. The molecular formula is C23H24F4N2O2. The molecule has 0 fully saturated rings. The van der Waals surface area contributed by atoms with E-state index in [4.69, 9.17) is 4.74 Å². The van der Waals surface area contributed by atoms with Crippen LogP contribution in [0.2, 0.25) is 0 Å². The van der Waals surface area contributed by atoms with Crippen molar-refractivity contribution in [2.45, 2.75) is 37.5 Å². The summed E-state index contributed by atoms with van der Waals surface area (Å²) in [4.78, 5) is 4.18. The van der Waals surface area contributed by atoms with Gasteiger partial charge in [0.15, 0.2) is 5.60 Å². The van der Waals surface area contributed by atoms with Crippen molar-refractivity contribution in [2.75, 3.05) is 19.0 Å². The number of ether oxygens (including phenoxy) is 1. The number of anilines is 1. The van der Waals surface area contributed by atoms with E-state index >= 15 is 0 Å². The molecule has 3 aromatic rings. The summed E-state index contributed by atoms with van der Waals surface area (Å²) >= 11 is 0. The molecule has 0 bridgehead atoms. The number of benzene rings is 2. The summed E-state index contributed by atoms with van der Waals surface area (Å²) < 4.78 is 60.9. The van der Waals surface area contributed by atoms with Gasteiger partial charge in [-0.25, -0.2) is 4.39 Å². The predicted octanol–water partition coefficient (Wildman–Crippen LogP) is 5.46. The molecule has 31 heavy (non-hydrogen) atoms. The summed E-state index contributed by atoms with van der Waals surface area (Å²) in [7, 11) is 1.36. The van der Waals surface area contributed by atoms with Gasteiger partial charge in [-0.1, -0.05) is 19.9 Å². The highest BCUT2D eigenvalue weighted by atomic mass is 19.4. The quantitative estimate of drug-likeness (QED) is 0.483. The molecule has 1 heterocycles. The van der Waals surface area contributed by atoms with Gasteiger partial charge >= 0.3 is 6.18 Å². The first-order valence-corrected chi connectivity index (χ1v) is 9.67. The number of hydrogen-bond acceptors (Lipinski definition) is 4. The number of halogens is 4. The highest BCUT2D eigenvalue weighted by Gasteiger charge is 2.56. The molecule has 4 nitrogen and oxygen atoms in total. The Balaban J connectivity index is 1.88. The van der Waals surface area contributed by atoms with Crippen molar-refractivity contribution in [1.29, 1.82) is 0 Å². The Kier molecular flexibility index (Phi) is 6.14. The zero-order valence-electron chi connectivity index (χ0n) is 17.4. The summed E-state index contributed by atoms with van der Waals surface area (Å²) in [5, 5.41) is 14.2. The molecule has 0 aliphatic heterocycles. The fourth-order valence-corrected chi connectivity index (χ4v) is 3.73. The van der Waals surface area contributed by atoms with E-state index in [2.05, 4.69) is 10.3 Å². The van der Waals surface area contributed by atoms with Crippen LogP contribution in [0.5, 0.6) is 5.75 Å². The van der Waals surface area contributed by atoms with Gasteiger partial charge in [-0.15, -0.1) is 0 Å². The zero-order valence-corrected chi connectivity index (χ0v) is 17.4. The first kappa shape index (κ1) is 22.8. The maximum Gasteiger partial charge on any atom is 0.418 e. The standard InChI is InChI=1S/C23H24F4N2O2/c1-21(2,18-12-16(24)6-9-20(18)31-3)13-22(30,23(25,26)27)14-29-17-7-8-19-15(11-17)5-4-10-28-19/h4-12,29-30H,13-14H2,1-3H3. The fraction of sp³-hybridized carbons (Fsp3) is 0.348. The van der Waals surface area contributed by atoms with E-state index in [1.165, 1.54) is 33.1 Å². The first-order valence-electron chi connectivity index (χ1n) is 9.67. The molecular weight excluding hydrogens is 412 g/mol. The van der Waals surface area contributed by atoms with Gasteiger partial charge in [0, 0.05) is 22.8 Å². The third-order valence-corrected chi connectivity index (χ3v) is 5.34. The van der Waals surface area contributed by atoms with Crippen LogP contribution in [-0.4, -0.2) is 35.5 Å². The molecule has 166 valence electrons. The summed E-state index contributed by atoms with van der Waals surface area (Å²) in [5.74, 6) is -0.340. The molecule has 1 aromatic heterocycles. The Labute approximate surface area is 177 Å². The summed E-state index contributed by atoms with van der Waals surface area (Å²) in [6, 6.07) is 12.2. The lowest BCUT2D eigenvalue weighted by molar-refractivity contribution is -0.260. The maximum absolute atomic E-state index is 14.0. The minimum Gasteiger partial charge on any atom is -0.496 e. The number of fused-ring (bicyclic) bond motifs is 1. The molecule has 0 saturated carbocycles. The van der Waals surface area contributed by atoms with Crippen molar-refractivity contribution >= 4 is 16.6 Å². The van der Waals surface area contributed by atoms with E-state index in [-0.39, 0.29) is 11.3 Å². The second-order valence-electron chi connectivity index (χ2n) is 8.20. The Hall–Kier alpha value is -2.87. The molecule has 0 aliphatic rings. The number of nitrogens with one attached hydrogen (secondary N) is 1. The summed E-state index contributed by atoms with van der Waals surface area (Å²) in [5.41, 5.74) is -2.94. The smallest absolute Gasteiger partial charge is 0.418 e. The van der Waals surface area contributed by atoms with Crippen LogP contribution in [0.4, 0.5) is 23.2 Å². The van der Waals surface area contributed by atoms with Crippen LogP contribution < -0.4 is 10.1 Å². The number of aliphatic hydroxyl groups is 1. The molecule has 2 aromatic carbocycles. The van der Waals surface area contributed by atoms with Crippen molar-refractivity contribution in [3.8, 4) is 5.75 Å². The Bertz CT molecular complexity index is 1070. The van der Waals surface area contributed by atoms with Crippen LogP contribution in [0.3, 0.4) is 0 Å². The van der Waals surface area contributed by atoms with Crippen LogP contribution in [0.15, 0.2) is 54.7 Å². The Morgan fingerprint density at radius 1 is 1.06 bits per heavy atom. The highest BCUT2D eigenvalue weighted by molar-refractivity contribution is 5.82. The van der Waals surface area contributed by atoms with E-state index in [1.807, 2.05) is 0 Å². The van der Waals surface area contributed by atoms with Crippen molar-refractivity contribution < 1.29 is 27.4 Å². The van der Waals surface area contributed by atoms with Crippen LogP contribution in [-0.2, 0) is 5.41 Å². The fourth-order valence-electron chi connectivity index (χ4n) is 3.73.